The van der Waals surface area contributed by atoms with E-state index in [-0.39, 0.29) is 40.5 Å². The first-order valence-electron chi connectivity index (χ1n) is 10.3. The molecule has 3 rings (SSSR count). The zero-order valence-corrected chi connectivity index (χ0v) is 21.0. The van der Waals surface area contributed by atoms with Crippen molar-refractivity contribution in [2.75, 3.05) is 18.6 Å². The Morgan fingerprint density at radius 2 is 1.97 bits per heavy atom. The van der Waals surface area contributed by atoms with Gasteiger partial charge in [0, 0.05) is 37.2 Å². The lowest BCUT2D eigenvalue weighted by molar-refractivity contribution is 0.0803. The molecule has 0 saturated carbocycles. The number of fused-ring (bicyclic) bond motifs is 1. The largest absolute Gasteiger partial charge is 0.482 e. The van der Waals surface area contributed by atoms with Crippen LogP contribution >= 0.6 is 11.6 Å². The van der Waals surface area contributed by atoms with Gasteiger partial charge < -0.3 is 19.4 Å². The van der Waals surface area contributed by atoms with Gasteiger partial charge >= 0.3 is 0 Å². The number of imidazole rings is 1. The highest BCUT2D eigenvalue weighted by molar-refractivity contribution is 7.90. The Morgan fingerprint density at radius 1 is 1.26 bits per heavy atom. The summed E-state index contributed by atoms with van der Waals surface area (Å²) in [4.78, 5) is 25.3. The third-order valence-corrected chi connectivity index (χ3v) is 6.00. The molecule has 0 aromatic carbocycles. The van der Waals surface area contributed by atoms with Crippen molar-refractivity contribution in [3.8, 4) is 17.5 Å². The lowest BCUT2D eigenvalue weighted by Gasteiger charge is -2.25. The Hall–Kier alpha value is -3.06. The number of sulfone groups is 1. The maximum Gasteiger partial charge on any atom is 0.287 e. The van der Waals surface area contributed by atoms with Crippen LogP contribution in [0.2, 0.25) is 5.02 Å². The number of carbonyl (C=O) groups excluding carboxylic acids is 1. The maximum absolute atomic E-state index is 12.9. The van der Waals surface area contributed by atoms with Crippen LogP contribution in [0.1, 0.15) is 30.9 Å². The number of aryl methyl sites for hydroxylation is 1. The lowest BCUT2D eigenvalue weighted by atomic mass is 10.0. The molecule has 0 atom stereocenters. The van der Waals surface area contributed by atoms with E-state index in [0.717, 1.165) is 6.26 Å². The topological polar surface area (TPSA) is 125 Å². The van der Waals surface area contributed by atoms with Gasteiger partial charge in [0.05, 0.1) is 22.5 Å². The number of ether oxygens (including phenoxy) is 2. The number of hydrogen-bond acceptors (Lipinski definition) is 8. The van der Waals surface area contributed by atoms with Crippen LogP contribution < -0.4 is 14.8 Å². The van der Waals surface area contributed by atoms with Crippen LogP contribution in [0.25, 0.3) is 11.0 Å². The van der Waals surface area contributed by atoms with Crippen LogP contribution in [0, 0.1) is 0 Å². The minimum atomic E-state index is -3.18. The van der Waals surface area contributed by atoms with Crippen molar-refractivity contribution in [2.24, 2.45) is 7.05 Å². The van der Waals surface area contributed by atoms with Crippen molar-refractivity contribution in [1.29, 1.82) is 0 Å². The van der Waals surface area contributed by atoms with Gasteiger partial charge in [-0.2, -0.15) is 0 Å². The van der Waals surface area contributed by atoms with Gasteiger partial charge in [0.1, 0.15) is 22.0 Å². The summed E-state index contributed by atoms with van der Waals surface area (Å²) in [5, 5.41) is 2.97. The molecule has 0 radical (unpaired) electrons. The van der Waals surface area contributed by atoms with Gasteiger partial charge in [-0.05, 0) is 20.3 Å². The molecule has 0 bridgehead atoms. The highest BCUT2D eigenvalue weighted by Gasteiger charge is 2.26. The summed E-state index contributed by atoms with van der Waals surface area (Å²) in [6, 6.07) is 2.80. The second-order valence-electron chi connectivity index (χ2n) is 8.48. The van der Waals surface area contributed by atoms with E-state index >= 15 is 0 Å². The SMILES string of the molecule is Cn1c(C(=O)NC(C)(C)CCS(C)(=O)=O)nc2cnc(Oc3ncc(Cl)cc3OCC(F)F)cc21. The summed E-state index contributed by atoms with van der Waals surface area (Å²) in [6.45, 7) is 2.57. The van der Waals surface area contributed by atoms with Crippen LogP contribution in [0.4, 0.5) is 8.78 Å². The van der Waals surface area contributed by atoms with E-state index in [1.807, 2.05) is 0 Å². The van der Waals surface area contributed by atoms with Gasteiger partial charge in [0.15, 0.2) is 11.6 Å². The highest BCUT2D eigenvalue weighted by Crippen LogP contribution is 2.32. The quantitative estimate of drug-likeness (QED) is 0.422. The maximum atomic E-state index is 12.9. The molecule has 3 heterocycles. The van der Waals surface area contributed by atoms with Crippen LogP contribution in [-0.2, 0) is 16.9 Å². The minimum Gasteiger partial charge on any atom is -0.482 e. The Bertz CT molecular complexity index is 1350. The number of amides is 1. The van der Waals surface area contributed by atoms with E-state index < -0.39 is 34.3 Å². The number of hydrogen-bond donors (Lipinski definition) is 1. The zero-order valence-electron chi connectivity index (χ0n) is 19.4. The summed E-state index contributed by atoms with van der Waals surface area (Å²) >= 11 is 5.87. The Labute approximate surface area is 205 Å². The second kappa shape index (κ2) is 10.3. The fourth-order valence-corrected chi connectivity index (χ4v) is 4.07. The third kappa shape index (κ3) is 7.21. The van der Waals surface area contributed by atoms with Crippen molar-refractivity contribution < 1.29 is 31.5 Å². The van der Waals surface area contributed by atoms with E-state index in [9.17, 15) is 22.0 Å². The molecule has 3 aromatic heterocycles. The van der Waals surface area contributed by atoms with E-state index in [0.29, 0.717) is 11.0 Å². The number of carbonyl (C=O) groups is 1. The summed E-state index contributed by atoms with van der Waals surface area (Å²) < 4.78 is 60.2. The number of alkyl halides is 2. The molecule has 14 heteroatoms. The first kappa shape index (κ1) is 26.5. The van der Waals surface area contributed by atoms with E-state index in [2.05, 4.69) is 20.3 Å². The number of pyridine rings is 2. The Balaban J connectivity index is 1.83. The molecule has 1 amide bonds. The van der Waals surface area contributed by atoms with E-state index in [1.165, 1.54) is 29.1 Å². The smallest absolute Gasteiger partial charge is 0.287 e. The zero-order chi connectivity index (χ0) is 26.0. The monoisotopic (exact) mass is 531 g/mol. The molecular weight excluding hydrogens is 508 g/mol. The summed E-state index contributed by atoms with van der Waals surface area (Å²) in [6.07, 6.45) is 1.31. The molecule has 0 fully saturated rings. The average Bonchev–Trinajstić information content (AvgIpc) is 3.08. The molecule has 0 unspecified atom stereocenters. The van der Waals surface area contributed by atoms with Crippen LogP contribution in [0.15, 0.2) is 24.5 Å². The molecule has 35 heavy (non-hydrogen) atoms. The number of nitrogens with one attached hydrogen (secondary N) is 1. The van der Waals surface area contributed by atoms with Crippen LogP contribution in [0.3, 0.4) is 0 Å². The average molecular weight is 532 g/mol. The predicted octanol–water partition coefficient (Wildman–Crippen LogP) is 3.40. The lowest BCUT2D eigenvalue weighted by Crippen LogP contribution is -2.45. The van der Waals surface area contributed by atoms with Gasteiger partial charge in [0.2, 0.25) is 5.88 Å². The first-order chi connectivity index (χ1) is 16.2. The van der Waals surface area contributed by atoms with Gasteiger partial charge in [0.25, 0.3) is 18.2 Å². The molecule has 0 aliphatic heterocycles. The van der Waals surface area contributed by atoms with Crippen molar-refractivity contribution in [3.63, 3.8) is 0 Å². The Morgan fingerprint density at radius 3 is 2.63 bits per heavy atom. The molecule has 1 N–H and O–H groups in total. The fraction of sp³-hybridized carbons (Fsp3) is 0.429. The van der Waals surface area contributed by atoms with Crippen molar-refractivity contribution in [3.05, 3.63) is 35.4 Å². The van der Waals surface area contributed by atoms with Crippen molar-refractivity contribution in [2.45, 2.75) is 32.2 Å². The molecule has 0 spiro atoms. The van der Waals surface area contributed by atoms with Crippen LogP contribution in [-0.4, -0.2) is 64.4 Å². The van der Waals surface area contributed by atoms with Gasteiger partial charge in [-0.15, -0.1) is 0 Å². The molecule has 10 nitrogen and oxygen atoms in total. The normalized spacial score (nSPS) is 12.2. The van der Waals surface area contributed by atoms with Crippen LogP contribution in [0.5, 0.6) is 17.5 Å². The summed E-state index contributed by atoms with van der Waals surface area (Å²) in [7, 11) is -1.56. The highest BCUT2D eigenvalue weighted by atomic mass is 35.5. The number of nitrogens with zero attached hydrogens (tertiary/aromatic N) is 4. The molecule has 3 aromatic rings. The number of aromatic nitrogens is 4. The third-order valence-electron chi connectivity index (χ3n) is 4.85. The van der Waals surface area contributed by atoms with Gasteiger partial charge in [-0.25, -0.2) is 32.2 Å². The number of halogens is 3. The van der Waals surface area contributed by atoms with Crippen molar-refractivity contribution >= 4 is 38.4 Å². The Kier molecular flexibility index (Phi) is 7.80. The second-order valence-corrected chi connectivity index (χ2v) is 11.2. The molecule has 0 saturated heterocycles. The van der Waals surface area contributed by atoms with E-state index in [1.54, 1.807) is 20.9 Å². The summed E-state index contributed by atoms with van der Waals surface area (Å²) in [5.41, 5.74) is 0.106. The summed E-state index contributed by atoms with van der Waals surface area (Å²) in [5.74, 6) is -0.632. The first-order valence-corrected chi connectivity index (χ1v) is 12.7. The molecule has 190 valence electrons. The van der Waals surface area contributed by atoms with Gasteiger partial charge in [-0.1, -0.05) is 11.6 Å². The molecule has 0 aliphatic rings. The fourth-order valence-electron chi connectivity index (χ4n) is 3.04. The van der Waals surface area contributed by atoms with Gasteiger partial charge in [-0.3, -0.25) is 4.79 Å². The minimum absolute atomic E-state index is 0.0534. The van der Waals surface area contributed by atoms with E-state index in [4.69, 9.17) is 21.1 Å². The number of rotatable bonds is 10. The molecule has 0 aliphatic carbocycles. The predicted molar refractivity (Wildman–Crippen MR) is 125 cm³/mol. The molecular formula is C21H24ClF2N5O5S. The van der Waals surface area contributed by atoms with Crippen molar-refractivity contribution in [1.82, 2.24) is 24.8 Å². The standard InChI is InChI=1S/C21H24ClF2N5O5S/c1-21(2,5-6-35(4,31)32)28-19(30)18-27-13-10-25-17(8-14(13)29(18)3)34-20-15(33-11-16(23)24)7-12(22)9-26-20/h7-10,16H,5-6,11H2,1-4H3,(H,28,30).